The maximum atomic E-state index is 9.55. The Kier molecular flexibility index (Phi) is 4.50. The lowest BCUT2D eigenvalue weighted by Gasteiger charge is -1.89. The molecule has 1 aromatic heterocycles. The molecule has 0 radical (unpaired) electrons. The number of fused-ring (bicyclic) bond motifs is 1. The van der Waals surface area contributed by atoms with Crippen LogP contribution in [0.25, 0.3) is 10.9 Å². The molecule has 0 bridgehead atoms. The highest BCUT2D eigenvalue weighted by Gasteiger charge is 1.92. The van der Waals surface area contributed by atoms with E-state index in [1.165, 1.54) is 0 Å². The maximum absolute atomic E-state index is 9.55. The van der Waals surface area contributed by atoms with Gasteiger partial charge in [0.2, 0.25) is 0 Å². The number of carboxylic acids is 2. The van der Waals surface area contributed by atoms with E-state index in [9.17, 15) is 9.59 Å². The van der Waals surface area contributed by atoms with Gasteiger partial charge in [0.25, 0.3) is 0 Å². The predicted molar refractivity (Wildman–Crippen MR) is 64.4 cm³/mol. The first-order valence-electron chi connectivity index (χ1n) is 4.89. The highest BCUT2D eigenvalue weighted by atomic mass is 16.4. The van der Waals surface area contributed by atoms with Gasteiger partial charge in [0.1, 0.15) is 5.75 Å². The molecule has 0 aliphatic heterocycles. The minimum atomic E-state index is -1.26. The van der Waals surface area contributed by atoms with E-state index in [1.54, 1.807) is 12.1 Å². The SMILES string of the molecule is O=C(O)/C=C/C(=O)O.Oc1ccc2cc[nH]c2c1. The Morgan fingerprint density at radius 1 is 1.06 bits per heavy atom. The van der Waals surface area contributed by atoms with E-state index in [1.807, 2.05) is 18.3 Å². The number of aromatic hydroxyl groups is 1. The minimum Gasteiger partial charge on any atom is -0.508 e. The van der Waals surface area contributed by atoms with Crippen molar-refractivity contribution in [2.45, 2.75) is 0 Å². The van der Waals surface area contributed by atoms with E-state index in [-0.39, 0.29) is 0 Å². The molecule has 0 aliphatic carbocycles. The summed E-state index contributed by atoms with van der Waals surface area (Å²) in [5.74, 6) is -2.21. The molecule has 0 saturated heterocycles. The van der Waals surface area contributed by atoms with Gasteiger partial charge in [-0.2, -0.15) is 0 Å². The lowest BCUT2D eigenvalue weighted by molar-refractivity contribution is -0.134. The van der Waals surface area contributed by atoms with E-state index < -0.39 is 11.9 Å². The third-order valence-corrected chi connectivity index (χ3v) is 1.91. The number of benzene rings is 1. The molecule has 0 unspecified atom stereocenters. The van der Waals surface area contributed by atoms with Crippen molar-refractivity contribution < 1.29 is 24.9 Å². The summed E-state index contributed by atoms with van der Waals surface area (Å²) in [6.07, 6.45) is 2.97. The largest absolute Gasteiger partial charge is 0.508 e. The fourth-order valence-corrected chi connectivity index (χ4v) is 1.18. The van der Waals surface area contributed by atoms with E-state index in [2.05, 4.69) is 4.98 Å². The number of rotatable bonds is 2. The Balaban J connectivity index is 0.000000187. The summed E-state index contributed by atoms with van der Waals surface area (Å²) >= 11 is 0. The van der Waals surface area contributed by atoms with Gasteiger partial charge in [-0.3, -0.25) is 0 Å². The number of carbonyl (C=O) groups is 2. The van der Waals surface area contributed by atoms with Gasteiger partial charge in [-0.15, -0.1) is 0 Å². The van der Waals surface area contributed by atoms with Crippen LogP contribution in [-0.4, -0.2) is 32.2 Å². The van der Waals surface area contributed by atoms with Crippen LogP contribution in [-0.2, 0) is 9.59 Å². The van der Waals surface area contributed by atoms with Crippen molar-refractivity contribution in [3.05, 3.63) is 42.6 Å². The molecule has 2 rings (SSSR count). The number of phenolic OH excluding ortho intramolecular Hbond substituents is 1. The second kappa shape index (κ2) is 6.09. The summed E-state index contributed by atoms with van der Waals surface area (Å²) in [5, 5.41) is 25.8. The molecule has 4 N–H and O–H groups in total. The number of aliphatic carboxylic acids is 2. The van der Waals surface area contributed by atoms with E-state index in [4.69, 9.17) is 15.3 Å². The molecular formula is C12H11NO5. The van der Waals surface area contributed by atoms with Crippen LogP contribution in [0.2, 0.25) is 0 Å². The van der Waals surface area contributed by atoms with Crippen LogP contribution in [0.15, 0.2) is 42.6 Å². The number of hydrogen-bond acceptors (Lipinski definition) is 3. The van der Waals surface area contributed by atoms with E-state index >= 15 is 0 Å². The van der Waals surface area contributed by atoms with Crippen LogP contribution in [0.1, 0.15) is 0 Å². The number of phenols is 1. The molecule has 6 heteroatoms. The molecule has 1 heterocycles. The second-order valence-electron chi connectivity index (χ2n) is 3.26. The van der Waals surface area contributed by atoms with Crippen LogP contribution in [0.3, 0.4) is 0 Å². The van der Waals surface area contributed by atoms with Gasteiger partial charge in [0.15, 0.2) is 0 Å². The van der Waals surface area contributed by atoms with Gasteiger partial charge < -0.3 is 20.3 Å². The van der Waals surface area contributed by atoms with Crippen molar-refractivity contribution in [3.63, 3.8) is 0 Å². The molecule has 0 fully saturated rings. The summed E-state index contributed by atoms with van der Waals surface area (Å²) in [7, 11) is 0. The van der Waals surface area contributed by atoms with Gasteiger partial charge >= 0.3 is 11.9 Å². The maximum Gasteiger partial charge on any atom is 0.328 e. The number of H-pyrrole nitrogens is 1. The quantitative estimate of drug-likeness (QED) is 0.604. The van der Waals surface area contributed by atoms with Crippen LogP contribution in [0.4, 0.5) is 0 Å². The van der Waals surface area contributed by atoms with Crippen LogP contribution in [0.5, 0.6) is 5.75 Å². The molecular weight excluding hydrogens is 238 g/mol. The average Bonchev–Trinajstić information content (AvgIpc) is 2.74. The lowest BCUT2D eigenvalue weighted by atomic mass is 10.2. The van der Waals surface area contributed by atoms with Crippen LogP contribution < -0.4 is 0 Å². The van der Waals surface area contributed by atoms with Crippen molar-refractivity contribution in [2.24, 2.45) is 0 Å². The van der Waals surface area contributed by atoms with Crippen LogP contribution >= 0.6 is 0 Å². The third kappa shape index (κ3) is 4.40. The number of carboxylic acid groups (broad SMARTS) is 2. The molecule has 2 aromatic rings. The molecule has 0 spiro atoms. The molecule has 1 aromatic carbocycles. The van der Waals surface area contributed by atoms with E-state index in [0.717, 1.165) is 10.9 Å². The Morgan fingerprint density at radius 2 is 1.67 bits per heavy atom. The second-order valence-corrected chi connectivity index (χ2v) is 3.26. The molecule has 6 nitrogen and oxygen atoms in total. The normalized spacial score (nSPS) is 10.0. The Labute approximate surface area is 102 Å². The van der Waals surface area contributed by atoms with Crippen molar-refractivity contribution in [3.8, 4) is 5.75 Å². The average molecular weight is 249 g/mol. The van der Waals surface area contributed by atoms with Crippen molar-refractivity contribution in [1.29, 1.82) is 0 Å². The zero-order valence-corrected chi connectivity index (χ0v) is 9.20. The smallest absolute Gasteiger partial charge is 0.328 e. The summed E-state index contributed by atoms with van der Waals surface area (Å²) in [6, 6.07) is 7.22. The highest BCUT2D eigenvalue weighted by Crippen LogP contribution is 2.17. The van der Waals surface area contributed by atoms with Crippen LogP contribution in [0, 0.1) is 0 Å². The number of hydrogen-bond donors (Lipinski definition) is 4. The molecule has 0 atom stereocenters. The predicted octanol–water partition coefficient (Wildman–Crippen LogP) is 1.59. The topological polar surface area (TPSA) is 111 Å². The molecule has 0 amide bonds. The zero-order chi connectivity index (χ0) is 13.5. The standard InChI is InChI=1S/C8H7NO.C4H4O4/c10-7-2-1-6-3-4-9-8(6)5-7;5-3(6)1-2-4(7)8/h1-5,9-10H;1-2H,(H,5,6)(H,7,8)/b;2-1+. The van der Waals surface area contributed by atoms with Gasteiger partial charge in [0.05, 0.1) is 0 Å². The first-order chi connectivity index (χ1) is 8.49. The first-order valence-corrected chi connectivity index (χ1v) is 4.89. The minimum absolute atomic E-state index is 0.301. The van der Waals surface area contributed by atoms with Crippen molar-refractivity contribution in [2.75, 3.05) is 0 Å². The molecule has 94 valence electrons. The number of nitrogens with one attached hydrogen (secondary N) is 1. The number of aromatic amines is 1. The highest BCUT2D eigenvalue weighted by molar-refractivity contribution is 5.89. The Bertz CT molecular complexity index is 569. The fourth-order valence-electron chi connectivity index (χ4n) is 1.18. The molecule has 0 aliphatic rings. The monoisotopic (exact) mass is 249 g/mol. The zero-order valence-electron chi connectivity index (χ0n) is 9.20. The number of aromatic nitrogens is 1. The summed E-state index contributed by atoms with van der Waals surface area (Å²) < 4.78 is 0. The first kappa shape index (κ1) is 13.3. The van der Waals surface area contributed by atoms with Gasteiger partial charge in [-0.05, 0) is 23.6 Å². The van der Waals surface area contributed by atoms with E-state index in [0.29, 0.717) is 17.9 Å². The molecule has 0 saturated carbocycles. The van der Waals surface area contributed by atoms with Gasteiger partial charge in [-0.1, -0.05) is 0 Å². The third-order valence-electron chi connectivity index (χ3n) is 1.91. The van der Waals surface area contributed by atoms with Crippen molar-refractivity contribution >= 4 is 22.8 Å². The Morgan fingerprint density at radius 3 is 2.22 bits per heavy atom. The fraction of sp³-hybridized carbons (Fsp3) is 0. The summed E-state index contributed by atoms with van der Waals surface area (Å²) in [4.78, 5) is 22.1. The summed E-state index contributed by atoms with van der Waals surface area (Å²) in [5.41, 5.74) is 0.972. The lowest BCUT2D eigenvalue weighted by Crippen LogP contribution is -1.91. The molecule has 18 heavy (non-hydrogen) atoms. The van der Waals surface area contributed by atoms with Gasteiger partial charge in [0, 0.05) is 29.9 Å². The summed E-state index contributed by atoms with van der Waals surface area (Å²) in [6.45, 7) is 0. The van der Waals surface area contributed by atoms with Crippen molar-refractivity contribution in [1.82, 2.24) is 4.98 Å². The van der Waals surface area contributed by atoms with Gasteiger partial charge in [-0.25, -0.2) is 9.59 Å². The Hall–Kier alpha value is -2.76.